The van der Waals surface area contributed by atoms with E-state index in [0.717, 1.165) is 18.4 Å². The number of fused-ring (bicyclic) bond motifs is 1. The first-order valence-electron chi connectivity index (χ1n) is 12.3. The number of carbonyl (C=O) groups excluding carboxylic acids is 2. The van der Waals surface area contributed by atoms with Crippen LogP contribution < -0.4 is 14.4 Å². The molecule has 1 heterocycles. The molecular formula is C26H32ClN3O6S. The summed E-state index contributed by atoms with van der Waals surface area (Å²) in [5, 5.41) is 13.3. The zero-order valence-electron chi connectivity index (χ0n) is 21.0. The smallest absolute Gasteiger partial charge is 0.261 e. The second kappa shape index (κ2) is 11.4. The lowest BCUT2D eigenvalue weighted by Gasteiger charge is -2.38. The molecule has 200 valence electrons. The predicted octanol–water partition coefficient (Wildman–Crippen LogP) is 3.86. The maximum atomic E-state index is 13.6. The molecule has 4 rings (SSSR count). The van der Waals surface area contributed by atoms with Crippen molar-refractivity contribution in [2.75, 3.05) is 29.3 Å². The number of amides is 2. The molecule has 1 saturated carbocycles. The van der Waals surface area contributed by atoms with Crippen LogP contribution in [0.2, 0.25) is 5.02 Å². The highest BCUT2D eigenvalue weighted by molar-refractivity contribution is 7.80. The maximum Gasteiger partial charge on any atom is 0.261 e. The molecule has 0 spiro atoms. The van der Waals surface area contributed by atoms with Crippen molar-refractivity contribution in [3.8, 4) is 5.75 Å². The van der Waals surface area contributed by atoms with E-state index in [4.69, 9.17) is 16.3 Å². The van der Waals surface area contributed by atoms with E-state index in [2.05, 4.69) is 5.32 Å². The SMILES string of the molecule is Cc1cc(Cl)ccc1N(C[C@@H]1Oc2c(NC(=O)C3CC3)cccc2C(=O)N([C@H](C)CO)C[C@@H]1C)S(=O)O. The van der Waals surface area contributed by atoms with Crippen molar-refractivity contribution in [2.45, 2.75) is 45.8 Å². The second-order valence-electron chi connectivity index (χ2n) is 9.79. The van der Waals surface area contributed by atoms with Gasteiger partial charge in [-0.05, 0) is 62.6 Å². The minimum absolute atomic E-state index is 0.0205. The number of hydrogen-bond acceptors (Lipinski definition) is 5. The number of nitrogens with one attached hydrogen (secondary N) is 1. The Bertz CT molecular complexity index is 1210. The van der Waals surface area contributed by atoms with Crippen LogP contribution in [-0.4, -0.2) is 62.4 Å². The highest BCUT2D eigenvalue weighted by atomic mass is 35.5. The van der Waals surface area contributed by atoms with E-state index in [-0.39, 0.29) is 54.7 Å². The van der Waals surface area contributed by atoms with E-state index in [9.17, 15) is 23.5 Å². The number of anilines is 2. The largest absolute Gasteiger partial charge is 0.485 e. The monoisotopic (exact) mass is 549 g/mol. The lowest BCUT2D eigenvalue weighted by atomic mass is 9.99. The first-order valence-corrected chi connectivity index (χ1v) is 13.7. The number of hydrogen-bond donors (Lipinski definition) is 3. The van der Waals surface area contributed by atoms with E-state index < -0.39 is 23.4 Å². The Balaban J connectivity index is 1.75. The van der Waals surface area contributed by atoms with Crippen molar-refractivity contribution in [2.24, 2.45) is 11.8 Å². The van der Waals surface area contributed by atoms with Crippen molar-refractivity contribution in [3.63, 3.8) is 0 Å². The maximum absolute atomic E-state index is 13.6. The van der Waals surface area contributed by atoms with Crippen molar-refractivity contribution >= 4 is 46.1 Å². The average molecular weight is 550 g/mol. The van der Waals surface area contributed by atoms with Crippen molar-refractivity contribution in [1.29, 1.82) is 0 Å². The Morgan fingerprint density at radius 3 is 2.68 bits per heavy atom. The van der Waals surface area contributed by atoms with Crippen LogP contribution in [0.15, 0.2) is 36.4 Å². The summed E-state index contributed by atoms with van der Waals surface area (Å²) in [4.78, 5) is 27.7. The standard InChI is InChI=1S/C26H32ClN3O6S/c1-15-11-19(27)9-10-22(15)30(37(34)35)13-23-16(2)12-29(17(3)14-31)26(33)20-5-4-6-21(24(20)36-23)28-25(32)18-7-8-18/h4-6,9-11,16-18,23,31H,7-8,12-14H2,1-3H3,(H,28,32)(H,34,35)/t16-,17+,23-/m0/s1. The van der Waals surface area contributed by atoms with Crippen LogP contribution in [-0.2, 0) is 16.1 Å². The number of rotatable bonds is 8. The van der Waals surface area contributed by atoms with Crippen LogP contribution in [0.3, 0.4) is 0 Å². The summed E-state index contributed by atoms with van der Waals surface area (Å²) in [6.45, 7) is 5.49. The van der Waals surface area contributed by atoms with Crippen LogP contribution >= 0.6 is 11.6 Å². The summed E-state index contributed by atoms with van der Waals surface area (Å²) in [7, 11) is 0. The lowest BCUT2D eigenvalue weighted by molar-refractivity contribution is -0.117. The molecule has 4 atom stereocenters. The first kappa shape index (κ1) is 27.4. The molecule has 0 saturated heterocycles. The number of benzene rings is 2. The zero-order valence-corrected chi connectivity index (χ0v) is 22.6. The molecule has 1 aliphatic carbocycles. The van der Waals surface area contributed by atoms with Gasteiger partial charge >= 0.3 is 0 Å². The summed E-state index contributed by atoms with van der Waals surface area (Å²) in [6, 6.07) is 9.56. The van der Waals surface area contributed by atoms with Crippen LogP contribution in [0.5, 0.6) is 5.75 Å². The van der Waals surface area contributed by atoms with Crippen LogP contribution in [0.1, 0.15) is 42.6 Å². The van der Waals surface area contributed by atoms with Gasteiger partial charge in [-0.1, -0.05) is 24.6 Å². The summed E-state index contributed by atoms with van der Waals surface area (Å²) in [6.07, 6.45) is 0.991. The highest BCUT2D eigenvalue weighted by Gasteiger charge is 2.37. The number of aryl methyl sites for hydroxylation is 1. The Kier molecular flexibility index (Phi) is 8.42. The third kappa shape index (κ3) is 6.09. The fourth-order valence-electron chi connectivity index (χ4n) is 4.45. The number of ether oxygens (including phenoxy) is 1. The average Bonchev–Trinajstić information content (AvgIpc) is 3.70. The molecule has 9 nitrogen and oxygen atoms in total. The zero-order chi connectivity index (χ0) is 26.9. The number of nitrogens with zero attached hydrogens (tertiary/aromatic N) is 2. The lowest BCUT2D eigenvalue weighted by Crippen LogP contribution is -2.50. The highest BCUT2D eigenvalue weighted by Crippen LogP contribution is 2.37. The normalized spacial score (nSPS) is 21.2. The third-order valence-electron chi connectivity index (χ3n) is 6.86. The molecule has 1 fully saturated rings. The van der Waals surface area contributed by atoms with E-state index in [1.165, 1.54) is 4.31 Å². The molecule has 0 bridgehead atoms. The number of carbonyl (C=O) groups is 2. The van der Waals surface area contributed by atoms with Gasteiger partial charge in [-0.3, -0.25) is 18.4 Å². The minimum atomic E-state index is -2.37. The summed E-state index contributed by atoms with van der Waals surface area (Å²) in [5.74, 6) is -0.588. The van der Waals surface area contributed by atoms with E-state index in [1.54, 1.807) is 55.1 Å². The van der Waals surface area contributed by atoms with E-state index >= 15 is 0 Å². The number of aliphatic hydroxyl groups excluding tert-OH is 1. The van der Waals surface area contributed by atoms with Gasteiger partial charge in [-0.2, -0.15) is 0 Å². The van der Waals surface area contributed by atoms with Gasteiger partial charge in [-0.25, -0.2) is 4.21 Å². The van der Waals surface area contributed by atoms with Gasteiger partial charge in [0.25, 0.3) is 17.2 Å². The molecule has 0 aromatic heterocycles. The number of aliphatic hydroxyl groups is 1. The molecule has 2 amide bonds. The second-order valence-corrected chi connectivity index (χ2v) is 11.1. The van der Waals surface area contributed by atoms with Crippen LogP contribution in [0.4, 0.5) is 11.4 Å². The first-order chi connectivity index (χ1) is 17.6. The van der Waals surface area contributed by atoms with Crippen LogP contribution in [0, 0.1) is 18.8 Å². The topological polar surface area (TPSA) is 119 Å². The van der Waals surface area contributed by atoms with Gasteiger partial charge in [-0.15, -0.1) is 0 Å². The quantitative estimate of drug-likeness (QED) is 0.430. The molecule has 1 aliphatic heterocycles. The molecule has 37 heavy (non-hydrogen) atoms. The van der Waals surface area contributed by atoms with Gasteiger partial charge in [0.15, 0.2) is 5.75 Å². The van der Waals surface area contributed by atoms with Crippen LogP contribution in [0.25, 0.3) is 0 Å². The van der Waals surface area contributed by atoms with Gasteiger partial charge < -0.3 is 20.1 Å². The molecule has 0 radical (unpaired) electrons. The summed E-state index contributed by atoms with van der Waals surface area (Å²) >= 11 is 3.72. The summed E-state index contributed by atoms with van der Waals surface area (Å²) in [5.41, 5.74) is 1.87. The Morgan fingerprint density at radius 1 is 1.32 bits per heavy atom. The fraction of sp³-hybridized carbons (Fsp3) is 0.462. The Hall–Kier alpha value is -2.66. The molecule has 1 unspecified atom stereocenters. The van der Waals surface area contributed by atoms with Crippen molar-refractivity contribution in [3.05, 3.63) is 52.5 Å². The van der Waals surface area contributed by atoms with E-state index in [1.807, 2.05) is 6.92 Å². The van der Waals surface area contributed by atoms with Crippen molar-refractivity contribution < 1.29 is 28.2 Å². The molecule has 2 aromatic rings. The molecule has 3 N–H and O–H groups in total. The molecule has 2 aromatic carbocycles. The Morgan fingerprint density at radius 2 is 2.05 bits per heavy atom. The predicted molar refractivity (Wildman–Crippen MR) is 143 cm³/mol. The molecule has 2 aliphatic rings. The van der Waals surface area contributed by atoms with Crippen molar-refractivity contribution in [1.82, 2.24) is 4.90 Å². The number of halogens is 1. The minimum Gasteiger partial charge on any atom is -0.485 e. The van der Waals surface area contributed by atoms with Gasteiger partial charge in [0.05, 0.1) is 36.1 Å². The van der Waals surface area contributed by atoms with Gasteiger partial charge in [0.2, 0.25) is 5.91 Å². The van der Waals surface area contributed by atoms with Gasteiger partial charge in [0.1, 0.15) is 6.10 Å². The third-order valence-corrected chi connectivity index (χ3v) is 7.82. The van der Waals surface area contributed by atoms with E-state index in [0.29, 0.717) is 16.4 Å². The number of para-hydroxylation sites is 1. The molecular weight excluding hydrogens is 518 g/mol. The van der Waals surface area contributed by atoms with Gasteiger partial charge in [0, 0.05) is 23.4 Å². The summed E-state index contributed by atoms with van der Waals surface area (Å²) < 4.78 is 30.5. The molecule has 11 heteroatoms. The Labute approximate surface area is 224 Å². The fourth-order valence-corrected chi connectivity index (χ4v) is 5.32.